The number of piperidine rings is 1. The Morgan fingerprint density at radius 1 is 1.18 bits per heavy atom. The summed E-state index contributed by atoms with van der Waals surface area (Å²) in [6, 6.07) is 0. The number of aromatic nitrogens is 2. The molecule has 2 fully saturated rings. The van der Waals surface area contributed by atoms with E-state index in [1.54, 1.807) is 18.3 Å². The minimum Gasteiger partial charge on any atom is -0.460 e. The molecule has 0 bridgehead atoms. The van der Waals surface area contributed by atoms with Crippen LogP contribution in [0.4, 0.5) is 5.82 Å². The van der Waals surface area contributed by atoms with Gasteiger partial charge in [0, 0.05) is 30.8 Å². The first-order valence-electron chi connectivity index (χ1n) is 10.2. The summed E-state index contributed by atoms with van der Waals surface area (Å²) >= 11 is 1.71. The third-order valence-corrected chi connectivity index (χ3v) is 7.08. The van der Waals surface area contributed by atoms with E-state index >= 15 is 0 Å². The fraction of sp³-hybridized carbons (Fsp3) is 0.650. The number of nitrogens with zero attached hydrogens (tertiary/aromatic N) is 3. The smallest absolute Gasteiger partial charge is 0.376 e. The SMILES string of the molecule is CCOC(=O)c1nc(N2CCC3(CC2)OCCO3)c2c3c(sc2n1)CCCC3. The number of hydrogen-bond acceptors (Lipinski definition) is 8. The molecule has 7 nitrogen and oxygen atoms in total. The van der Waals surface area contributed by atoms with Crippen LogP contribution in [0.3, 0.4) is 0 Å². The number of carbonyl (C=O) groups is 1. The fourth-order valence-electron chi connectivity index (χ4n) is 4.50. The highest BCUT2D eigenvalue weighted by Gasteiger charge is 2.40. The molecule has 0 N–H and O–H groups in total. The highest BCUT2D eigenvalue weighted by molar-refractivity contribution is 7.19. The maximum absolute atomic E-state index is 12.4. The number of fused-ring (bicyclic) bond motifs is 3. The van der Waals surface area contributed by atoms with Crippen molar-refractivity contribution in [3.63, 3.8) is 0 Å². The number of rotatable bonds is 3. The lowest BCUT2D eigenvalue weighted by Gasteiger charge is -2.38. The molecule has 2 aromatic rings. The monoisotopic (exact) mass is 403 g/mol. The van der Waals surface area contributed by atoms with E-state index in [-0.39, 0.29) is 5.82 Å². The topological polar surface area (TPSA) is 73.8 Å². The van der Waals surface area contributed by atoms with Gasteiger partial charge in [0.15, 0.2) is 5.79 Å². The molecular weight excluding hydrogens is 378 g/mol. The van der Waals surface area contributed by atoms with Gasteiger partial charge in [0.25, 0.3) is 0 Å². The van der Waals surface area contributed by atoms with E-state index in [0.717, 1.165) is 54.8 Å². The van der Waals surface area contributed by atoms with E-state index < -0.39 is 11.8 Å². The third-order valence-electron chi connectivity index (χ3n) is 5.89. The van der Waals surface area contributed by atoms with Crippen molar-refractivity contribution < 1.29 is 19.0 Å². The lowest BCUT2D eigenvalue weighted by atomic mass is 9.96. The highest BCUT2D eigenvalue weighted by Crippen LogP contribution is 2.41. The van der Waals surface area contributed by atoms with Crippen LogP contribution < -0.4 is 4.90 Å². The number of anilines is 1. The minimum absolute atomic E-state index is 0.164. The van der Waals surface area contributed by atoms with E-state index in [2.05, 4.69) is 9.88 Å². The summed E-state index contributed by atoms with van der Waals surface area (Å²) in [4.78, 5) is 26.2. The van der Waals surface area contributed by atoms with Gasteiger partial charge in [-0.25, -0.2) is 14.8 Å². The van der Waals surface area contributed by atoms with Crippen LogP contribution >= 0.6 is 11.3 Å². The van der Waals surface area contributed by atoms with Crippen LogP contribution in [-0.2, 0) is 27.1 Å². The molecule has 2 aromatic heterocycles. The van der Waals surface area contributed by atoms with Crippen molar-refractivity contribution >= 4 is 33.3 Å². The number of thiophene rings is 1. The Kier molecular flexibility index (Phi) is 4.72. The summed E-state index contributed by atoms with van der Waals surface area (Å²) in [6.45, 7) is 5.04. The molecule has 8 heteroatoms. The Morgan fingerprint density at radius 2 is 1.93 bits per heavy atom. The summed E-state index contributed by atoms with van der Waals surface area (Å²) in [5, 5.41) is 1.14. The van der Waals surface area contributed by atoms with Gasteiger partial charge in [-0.3, -0.25) is 0 Å². The van der Waals surface area contributed by atoms with Crippen molar-refractivity contribution in [2.75, 3.05) is 37.8 Å². The van der Waals surface area contributed by atoms with Gasteiger partial charge in [0.2, 0.25) is 5.82 Å². The molecule has 2 aliphatic heterocycles. The van der Waals surface area contributed by atoms with Gasteiger partial charge >= 0.3 is 5.97 Å². The Morgan fingerprint density at radius 3 is 2.68 bits per heavy atom. The molecular formula is C20H25N3O4S. The predicted molar refractivity (Wildman–Crippen MR) is 106 cm³/mol. The molecule has 2 saturated heterocycles. The third kappa shape index (κ3) is 3.07. The Bertz CT molecular complexity index is 896. The van der Waals surface area contributed by atoms with E-state index in [4.69, 9.17) is 19.2 Å². The van der Waals surface area contributed by atoms with Gasteiger partial charge in [-0.1, -0.05) is 0 Å². The van der Waals surface area contributed by atoms with E-state index in [0.29, 0.717) is 19.8 Å². The molecule has 0 atom stereocenters. The van der Waals surface area contributed by atoms with Crippen molar-refractivity contribution in [2.24, 2.45) is 0 Å². The largest absolute Gasteiger partial charge is 0.460 e. The predicted octanol–water partition coefficient (Wildman–Crippen LogP) is 3.09. The standard InChI is InChI=1S/C20H25N3O4S/c1-2-25-19(24)16-21-17(23-9-7-20(8-10-23)26-11-12-27-20)15-13-5-3-4-6-14(13)28-18(15)22-16/h2-12H2,1H3. The average Bonchev–Trinajstić information content (AvgIpc) is 3.32. The molecule has 150 valence electrons. The first-order valence-corrected chi connectivity index (χ1v) is 11.0. The van der Waals surface area contributed by atoms with E-state index in [1.807, 2.05) is 0 Å². The molecule has 0 aromatic carbocycles. The molecule has 5 rings (SSSR count). The fourth-order valence-corrected chi connectivity index (χ4v) is 5.75. The van der Waals surface area contributed by atoms with Crippen molar-refractivity contribution in [1.29, 1.82) is 0 Å². The first-order chi connectivity index (χ1) is 13.7. The summed E-state index contributed by atoms with van der Waals surface area (Å²) in [7, 11) is 0. The Labute approximate surface area is 168 Å². The Hall–Kier alpha value is -1.77. The lowest BCUT2D eigenvalue weighted by Crippen LogP contribution is -2.45. The molecule has 1 spiro atoms. The van der Waals surface area contributed by atoms with Gasteiger partial charge in [0.1, 0.15) is 10.6 Å². The van der Waals surface area contributed by atoms with Crippen LogP contribution in [0.5, 0.6) is 0 Å². The van der Waals surface area contributed by atoms with E-state index in [1.165, 1.54) is 23.3 Å². The number of hydrogen-bond donors (Lipinski definition) is 0. The number of ether oxygens (including phenoxy) is 3. The van der Waals surface area contributed by atoms with E-state index in [9.17, 15) is 4.79 Å². The molecule has 0 amide bonds. The average molecular weight is 404 g/mol. The molecule has 0 radical (unpaired) electrons. The molecule has 4 heterocycles. The number of aryl methyl sites for hydroxylation is 2. The summed E-state index contributed by atoms with van der Waals surface area (Å²) in [6.07, 6.45) is 6.18. The maximum Gasteiger partial charge on any atom is 0.376 e. The van der Waals surface area contributed by atoms with Crippen LogP contribution in [-0.4, -0.2) is 54.6 Å². The van der Waals surface area contributed by atoms with Crippen LogP contribution in [0.25, 0.3) is 10.2 Å². The number of carbonyl (C=O) groups excluding carboxylic acids is 1. The quantitative estimate of drug-likeness (QED) is 0.729. The normalized spacial score (nSPS) is 21.2. The van der Waals surface area contributed by atoms with Gasteiger partial charge in [-0.2, -0.15) is 0 Å². The summed E-state index contributed by atoms with van der Waals surface area (Å²) in [5.41, 5.74) is 1.38. The van der Waals surface area contributed by atoms with Crippen LogP contribution in [0.15, 0.2) is 0 Å². The van der Waals surface area contributed by atoms with Crippen LogP contribution in [0.1, 0.15) is 53.7 Å². The van der Waals surface area contributed by atoms with Gasteiger partial charge in [-0.05, 0) is 38.2 Å². The lowest BCUT2D eigenvalue weighted by molar-refractivity contribution is -0.169. The minimum atomic E-state index is -0.451. The van der Waals surface area contributed by atoms with Gasteiger partial charge in [0.05, 0.1) is 25.2 Å². The second kappa shape index (κ2) is 7.24. The van der Waals surface area contributed by atoms with Crippen molar-refractivity contribution in [3.8, 4) is 0 Å². The zero-order valence-electron chi connectivity index (χ0n) is 16.2. The van der Waals surface area contributed by atoms with Gasteiger partial charge in [-0.15, -0.1) is 11.3 Å². The van der Waals surface area contributed by atoms with Crippen LogP contribution in [0, 0.1) is 0 Å². The number of esters is 1. The van der Waals surface area contributed by atoms with Crippen molar-refractivity contribution in [1.82, 2.24) is 9.97 Å². The molecule has 0 saturated carbocycles. The van der Waals surface area contributed by atoms with Crippen LogP contribution in [0.2, 0.25) is 0 Å². The molecule has 28 heavy (non-hydrogen) atoms. The highest BCUT2D eigenvalue weighted by atomic mass is 32.1. The molecule has 0 unspecified atom stereocenters. The zero-order chi connectivity index (χ0) is 19.1. The second-order valence-corrected chi connectivity index (χ2v) is 8.66. The Balaban J connectivity index is 1.55. The first kappa shape index (κ1) is 18.3. The van der Waals surface area contributed by atoms with Gasteiger partial charge < -0.3 is 19.1 Å². The zero-order valence-corrected chi connectivity index (χ0v) is 17.0. The van der Waals surface area contributed by atoms with Crippen molar-refractivity contribution in [2.45, 2.75) is 51.2 Å². The molecule has 1 aliphatic carbocycles. The maximum atomic E-state index is 12.4. The summed E-state index contributed by atoms with van der Waals surface area (Å²) in [5.74, 6) is 0.158. The summed E-state index contributed by atoms with van der Waals surface area (Å²) < 4.78 is 16.9. The van der Waals surface area contributed by atoms with Crippen molar-refractivity contribution in [3.05, 3.63) is 16.3 Å². The molecule has 3 aliphatic rings. The second-order valence-electron chi connectivity index (χ2n) is 7.58.